The van der Waals surface area contributed by atoms with Gasteiger partial charge in [0.2, 0.25) is 0 Å². The van der Waals surface area contributed by atoms with E-state index in [9.17, 15) is 5.11 Å². The van der Waals surface area contributed by atoms with Crippen LogP contribution in [0, 0.1) is 11.3 Å². The number of phenols is 1. The first-order valence-electron chi connectivity index (χ1n) is 6.42. The van der Waals surface area contributed by atoms with Gasteiger partial charge in [0.15, 0.2) is 18.1 Å². The smallest absolute Gasteiger partial charge is 0.174 e. The molecule has 21 heavy (non-hydrogen) atoms. The molecule has 108 valence electrons. The minimum absolute atomic E-state index is 0.0264. The van der Waals surface area contributed by atoms with Crippen LogP contribution in [0.5, 0.6) is 17.2 Å². The molecule has 0 bridgehead atoms. The highest BCUT2D eigenvalue weighted by Gasteiger charge is 2.03. The van der Waals surface area contributed by atoms with E-state index in [4.69, 9.17) is 14.7 Å². The monoisotopic (exact) mass is 284 g/mol. The lowest BCUT2D eigenvalue weighted by Gasteiger charge is -2.10. The van der Waals surface area contributed by atoms with Crippen LogP contribution in [0.1, 0.15) is 5.56 Å². The van der Waals surface area contributed by atoms with Crippen molar-refractivity contribution < 1.29 is 14.6 Å². The molecule has 2 rings (SSSR count). The maximum atomic E-state index is 9.55. The molecular formula is C16H16N2O3. The third-order valence-corrected chi connectivity index (χ3v) is 2.88. The number of ether oxygens (including phenoxy) is 2. The molecule has 0 radical (unpaired) electrons. The van der Waals surface area contributed by atoms with Crippen molar-refractivity contribution in [3.05, 3.63) is 48.0 Å². The lowest BCUT2D eigenvalue weighted by molar-refractivity contribution is 0.368. The molecule has 0 aliphatic carbocycles. The second kappa shape index (κ2) is 7.06. The number of rotatable bonds is 6. The zero-order valence-corrected chi connectivity index (χ0v) is 11.7. The van der Waals surface area contributed by atoms with E-state index in [1.165, 1.54) is 7.11 Å². The molecule has 2 aromatic carbocycles. The van der Waals surface area contributed by atoms with Gasteiger partial charge in [0.05, 0.1) is 7.11 Å². The standard InChI is InChI=1S/C16H16N2O3/c1-20-16-9-12(5-6-15(16)19)11-18-13-3-2-4-14(10-13)21-8-7-17/h2-6,9-10,18-19H,8,11H2,1H3. The number of nitriles is 1. The molecule has 0 unspecified atom stereocenters. The summed E-state index contributed by atoms with van der Waals surface area (Å²) in [6.07, 6.45) is 0. The van der Waals surface area contributed by atoms with E-state index in [-0.39, 0.29) is 12.4 Å². The van der Waals surface area contributed by atoms with Gasteiger partial charge in [-0.3, -0.25) is 0 Å². The van der Waals surface area contributed by atoms with Gasteiger partial charge in [0, 0.05) is 18.3 Å². The van der Waals surface area contributed by atoms with Gasteiger partial charge < -0.3 is 19.9 Å². The van der Waals surface area contributed by atoms with Gasteiger partial charge in [0.1, 0.15) is 11.8 Å². The third kappa shape index (κ3) is 4.05. The van der Waals surface area contributed by atoms with Crippen LogP contribution >= 0.6 is 0 Å². The highest BCUT2D eigenvalue weighted by Crippen LogP contribution is 2.26. The first-order valence-corrected chi connectivity index (χ1v) is 6.42. The molecule has 2 aromatic rings. The molecule has 0 atom stereocenters. The van der Waals surface area contributed by atoms with Gasteiger partial charge in [0.25, 0.3) is 0 Å². The number of aromatic hydroxyl groups is 1. The Bertz CT molecular complexity index is 650. The normalized spacial score (nSPS) is 9.71. The number of benzene rings is 2. The quantitative estimate of drug-likeness (QED) is 0.853. The van der Waals surface area contributed by atoms with E-state index in [0.29, 0.717) is 18.0 Å². The lowest BCUT2D eigenvalue weighted by atomic mass is 10.2. The molecule has 0 aromatic heterocycles. The minimum Gasteiger partial charge on any atom is -0.504 e. The van der Waals surface area contributed by atoms with Crippen molar-refractivity contribution in [2.75, 3.05) is 19.0 Å². The molecule has 5 nitrogen and oxygen atoms in total. The van der Waals surface area contributed by atoms with E-state index in [1.54, 1.807) is 18.2 Å². The Hall–Kier alpha value is -2.87. The number of nitrogens with one attached hydrogen (secondary N) is 1. The molecule has 0 saturated heterocycles. The van der Waals surface area contributed by atoms with Crippen LogP contribution in [-0.2, 0) is 6.54 Å². The van der Waals surface area contributed by atoms with Crippen LogP contribution in [0.4, 0.5) is 5.69 Å². The van der Waals surface area contributed by atoms with Crippen molar-refractivity contribution in [3.63, 3.8) is 0 Å². The number of methoxy groups -OCH3 is 1. The zero-order chi connectivity index (χ0) is 15.1. The Morgan fingerprint density at radius 2 is 2.10 bits per heavy atom. The number of nitrogens with zero attached hydrogens (tertiary/aromatic N) is 1. The van der Waals surface area contributed by atoms with Crippen LogP contribution in [0.15, 0.2) is 42.5 Å². The summed E-state index contributed by atoms with van der Waals surface area (Å²) in [5.41, 5.74) is 1.87. The van der Waals surface area contributed by atoms with Crippen molar-refractivity contribution >= 4 is 5.69 Å². The molecule has 5 heteroatoms. The fourth-order valence-corrected chi connectivity index (χ4v) is 1.85. The number of hydrogen-bond acceptors (Lipinski definition) is 5. The summed E-state index contributed by atoms with van der Waals surface area (Å²) < 4.78 is 10.3. The van der Waals surface area contributed by atoms with Gasteiger partial charge in [-0.05, 0) is 29.8 Å². The first-order chi connectivity index (χ1) is 10.2. The van der Waals surface area contributed by atoms with Crippen LogP contribution in [0.2, 0.25) is 0 Å². The number of anilines is 1. The van der Waals surface area contributed by atoms with E-state index < -0.39 is 0 Å². The summed E-state index contributed by atoms with van der Waals surface area (Å²) in [5, 5.41) is 21.3. The molecule has 2 N–H and O–H groups in total. The topological polar surface area (TPSA) is 74.5 Å². The Labute approximate surface area is 123 Å². The Kier molecular flexibility index (Phi) is 4.89. The largest absolute Gasteiger partial charge is 0.504 e. The summed E-state index contributed by atoms with van der Waals surface area (Å²) >= 11 is 0. The fraction of sp³-hybridized carbons (Fsp3) is 0.188. The van der Waals surface area contributed by atoms with Crippen molar-refractivity contribution in [2.24, 2.45) is 0 Å². The van der Waals surface area contributed by atoms with Crippen LogP contribution in [-0.4, -0.2) is 18.8 Å². The van der Waals surface area contributed by atoms with Crippen LogP contribution in [0.25, 0.3) is 0 Å². The predicted molar refractivity (Wildman–Crippen MR) is 79.5 cm³/mol. The Morgan fingerprint density at radius 1 is 1.24 bits per heavy atom. The molecule has 0 spiro atoms. The average Bonchev–Trinajstić information content (AvgIpc) is 2.52. The van der Waals surface area contributed by atoms with Crippen LogP contribution in [0.3, 0.4) is 0 Å². The van der Waals surface area contributed by atoms with Crippen molar-refractivity contribution in [1.29, 1.82) is 5.26 Å². The van der Waals surface area contributed by atoms with E-state index in [1.807, 2.05) is 30.3 Å². The summed E-state index contributed by atoms with van der Waals surface area (Å²) in [6, 6.07) is 14.5. The maximum absolute atomic E-state index is 9.55. The van der Waals surface area contributed by atoms with Crippen LogP contribution < -0.4 is 14.8 Å². The number of phenolic OH excluding ortho intramolecular Hbond substituents is 1. The molecular weight excluding hydrogens is 268 g/mol. The van der Waals surface area contributed by atoms with Gasteiger partial charge >= 0.3 is 0 Å². The van der Waals surface area contributed by atoms with E-state index in [2.05, 4.69) is 5.32 Å². The van der Waals surface area contributed by atoms with Crippen molar-refractivity contribution in [3.8, 4) is 23.3 Å². The first kappa shape index (κ1) is 14.5. The zero-order valence-electron chi connectivity index (χ0n) is 11.7. The maximum Gasteiger partial charge on any atom is 0.174 e. The van der Waals surface area contributed by atoms with E-state index >= 15 is 0 Å². The molecule has 0 heterocycles. The second-order valence-corrected chi connectivity index (χ2v) is 4.33. The summed E-state index contributed by atoms with van der Waals surface area (Å²) in [5.74, 6) is 1.21. The van der Waals surface area contributed by atoms with Crippen molar-refractivity contribution in [1.82, 2.24) is 0 Å². The predicted octanol–water partition coefficient (Wildman–Crippen LogP) is 2.92. The Balaban J connectivity index is 2.01. The summed E-state index contributed by atoms with van der Waals surface area (Å²) in [4.78, 5) is 0. The van der Waals surface area contributed by atoms with Crippen molar-refractivity contribution in [2.45, 2.75) is 6.54 Å². The highest BCUT2D eigenvalue weighted by molar-refractivity contribution is 5.49. The summed E-state index contributed by atoms with van der Waals surface area (Å²) in [6.45, 7) is 0.608. The molecule has 0 amide bonds. The van der Waals surface area contributed by atoms with Gasteiger partial charge in [-0.1, -0.05) is 12.1 Å². The highest BCUT2D eigenvalue weighted by atomic mass is 16.5. The average molecular weight is 284 g/mol. The molecule has 0 aliphatic rings. The Morgan fingerprint density at radius 3 is 2.86 bits per heavy atom. The van der Waals surface area contributed by atoms with Gasteiger partial charge in [-0.15, -0.1) is 0 Å². The SMILES string of the molecule is COc1cc(CNc2cccc(OCC#N)c2)ccc1O. The second-order valence-electron chi connectivity index (χ2n) is 4.33. The van der Waals surface area contributed by atoms with Gasteiger partial charge in [-0.25, -0.2) is 0 Å². The number of hydrogen-bond donors (Lipinski definition) is 2. The summed E-state index contributed by atoms with van der Waals surface area (Å²) in [7, 11) is 1.52. The molecule has 0 fully saturated rings. The lowest BCUT2D eigenvalue weighted by Crippen LogP contribution is -2.00. The minimum atomic E-state index is 0.0264. The third-order valence-electron chi connectivity index (χ3n) is 2.88. The molecule has 0 saturated carbocycles. The van der Waals surface area contributed by atoms with E-state index in [0.717, 1.165) is 11.3 Å². The van der Waals surface area contributed by atoms with Gasteiger partial charge in [-0.2, -0.15) is 5.26 Å². The molecule has 0 aliphatic heterocycles. The fourth-order valence-electron chi connectivity index (χ4n) is 1.85.